The van der Waals surface area contributed by atoms with E-state index in [-0.39, 0.29) is 41.4 Å². The quantitative estimate of drug-likeness (QED) is 0.399. The minimum absolute atomic E-state index is 0.0601. The zero-order chi connectivity index (χ0) is 26.0. The third-order valence-electron chi connectivity index (χ3n) is 8.05. The minimum Gasteiger partial charge on any atom is -0.458 e. The first-order valence-corrected chi connectivity index (χ1v) is 14.5. The highest BCUT2D eigenvalue weighted by Crippen LogP contribution is 2.50. The van der Waals surface area contributed by atoms with Gasteiger partial charge in [0.1, 0.15) is 6.10 Å². The third kappa shape index (κ3) is 6.36. The monoisotopic (exact) mass is 504 g/mol. The summed E-state index contributed by atoms with van der Waals surface area (Å²) < 4.78 is 31.2. The number of nitrogens with zero attached hydrogens (tertiary/aromatic N) is 1. The van der Waals surface area contributed by atoms with Crippen molar-refractivity contribution in [3.05, 3.63) is 48.4 Å². The van der Waals surface area contributed by atoms with Gasteiger partial charge in [-0.3, -0.25) is 9.69 Å². The molecule has 6 nitrogen and oxygen atoms in total. The zero-order valence-electron chi connectivity index (χ0n) is 22.0. The fraction of sp³-hybridized carbons (Fsp3) is 0.643. The molecule has 1 N–H and O–H groups in total. The summed E-state index contributed by atoms with van der Waals surface area (Å²) in [6.45, 7) is 13.1. The molecule has 0 spiro atoms. The summed E-state index contributed by atoms with van der Waals surface area (Å²) >= 11 is 0. The van der Waals surface area contributed by atoms with Gasteiger partial charge in [0, 0.05) is 38.4 Å². The number of carbonyl (C=O) groups is 1. The van der Waals surface area contributed by atoms with Crippen LogP contribution in [0.2, 0.25) is 0 Å². The molecule has 0 aromatic heterocycles. The highest BCUT2D eigenvalue weighted by molar-refractivity contribution is 7.91. The molecule has 3 rings (SSSR count). The number of aliphatic hydroxyl groups is 1. The summed E-state index contributed by atoms with van der Waals surface area (Å²) in [5.74, 6) is 0.225. The van der Waals surface area contributed by atoms with Gasteiger partial charge in [0.15, 0.2) is 9.84 Å². The van der Waals surface area contributed by atoms with E-state index in [4.69, 9.17) is 4.74 Å². The lowest BCUT2D eigenvalue weighted by atomic mass is 9.57. The molecule has 1 aromatic carbocycles. The molecule has 0 saturated heterocycles. The van der Waals surface area contributed by atoms with Crippen molar-refractivity contribution in [3.63, 3.8) is 0 Å². The van der Waals surface area contributed by atoms with Crippen LogP contribution in [0.15, 0.2) is 46.9 Å². The summed E-state index contributed by atoms with van der Waals surface area (Å²) in [4.78, 5) is 14.2. The van der Waals surface area contributed by atoms with Crippen molar-refractivity contribution in [2.45, 2.75) is 77.0 Å². The number of hydrogen-bond acceptors (Lipinski definition) is 6. The predicted octanol–water partition coefficient (Wildman–Crippen LogP) is 4.30. The number of sulfone groups is 1. The van der Waals surface area contributed by atoms with Gasteiger partial charge >= 0.3 is 5.97 Å². The van der Waals surface area contributed by atoms with Gasteiger partial charge in [0.05, 0.1) is 16.2 Å². The molecular weight excluding hydrogens is 462 g/mol. The predicted molar refractivity (Wildman–Crippen MR) is 138 cm³/mol. The van der Waals surface area contributed by atoms with Crippen molar-refractivity contribution in [2.75, 3.05) is 18.8 Å². The van der Waals surface area contributed by atoms with Gasteiger partial charge in [0.25, 0.3) is 0 Å². The third-order valence-corrected chi connectivity index (χ3v) is 9.76. The molecule has 0 aliphatic heterocycles. The maximum atomic E-state index is 12.8. The van der Waals surface area contributed by atoms with Gasteiger partial charge in [-0.15, -0.1) is 0 Å². The second kappa shape index (κ2) is 11.1. The maximum Gasteiger partial charge on any atom is 0.303 e. The highest BCUT2D eigenvalue weighted by atomic mass is 32.2. The molecule has 1 saturated carbocycles. The van der Waals surface area contributed by atoms with Crippen molar-refractivity contribution in [1.82, 2.24) is 4.90 Å². The Labute approximate surface area is 211 Å². The lowest BCUT2D eigenvalue weighted by Crippen LogP contribution is -2.57. The molecule has 2 aliphatic rings. The number of fused-ring (bicyclic) bond motifs is 1. The SMILES string of the molecule is CC(=O)O[C@@H]1[CH][C@@]2(O)[C@H](C)CC[C@@H](C(C)CN(CCS(=O)(=O)c3ccccc3)C(C)C)[C@H]2C=C1C. The van der Waals surface area contributed by atoms with Gasteiger partial charge in [-0.25, -0.2) is 8.42 Å². The Hall–Kier alpha value is -1.70. The van der Waals surface area contributed by atoms with Crippen molar-refractivity contribution < 1.29 is 23.1 Å². The Balaban J connectivity index is 1.75. The summed E-state index contributed by atoms with van der Waals surface area (Å²) in [5.41, 5.74) is -0.0771. The molecule has 0 bridgehead atoms. The van der Waals surface area contributed by atoms with Gasteiger partial charge in [-0.2, -0.15) is 0 Å². The molecule has 1 fully saturated rings. The van der Waals surface area contributed by atoms with E-state index in [2.05, 4.69) is 38.7 Å². The van der Waals surface area contributed by atoms with Crippen molar-refractivity contribution >= 4 is 15.8 Å². The summed E-state index contributed by atoms with van der Waals surface area (Å²) in [7, 11) is -3.35. The number of hydrogen-bond donors (Lipinski definition) is 1. The molecule has 1 aromatic rings. The number of rotatable bonds is 9. The van der Waals surface area contributed by atoms with E-state index in [1.54, 1.807) is 24.3 Å². The highest BCUT2D eigenvalue weighted by Gasteiger charge is 2.53. The van der Waals surface area contributed by atoms with E-state index in [1.165, 1.54) is 6.92 Å². The second-order valence-corrected chi connectivity index (χ2v) is 13.0. The molecule has 7 heteroatoms. The van der Waals surface area contributed by atoms with E-state index < -0.39 is 21.5 Å². The lowest BCUT2D eigenvalue weighted by molar-refractivity contribution is -0.148. The topological polar surface area (TPSA) is 83.9 Å². The molecule has 1 unspecified atom stereocenters. The Morgan fingerprint density at radius 2 is 1.86 bits per heavy atom. The van der Waals surface area contributed by atoms with Crippen LogP contribution in [0.3, 0.4) is 0 Å². The Morgan fingerprint density at radius 3 is 2.46 bits per heavy atom. The van der Waals surface area contributed by atoms with Crippen LogP contribution in [0, 0.1) is 30.1 Å². The summed E-state index contributed by atoms with van der Waals surface area (Å²) in [6, 6.07) is 8.83. The molecule has 35 heavy (non-hydrogen) atoms. The summed E-state index contributed by atoms with van der Waals surface area (Å²) in [6.07, 6.45) is 5.34. The van der Waals surface area contributed by atoms with Crippen molar-refractivity contribution in [3.8, 4) is 0 Å². The largest absolute Gasteiger partial charge is 0.458 e. The molecule has 2 aliphatic carbocycles. The molecule has 6 atom stereocenters. The molecule has 0 amide bonds. The number of ether oxygens (including phenoxy) is 1. The molecule has 195 valence electrons. The molecule has 1 radical (unpaired) electrons. The van der Waals surface area contributed by atoms with Crippen molar-refractivity contribution in [1.29, 1.82) is 0 Å². The Morgan fingerprint density at radius 1 is 1.20 bits per heavy atom. The second-order valence-electron chi connectivity index (χ2n) is 10.9. The summed E-state index contributed by atoms with van der Waals surface area (Å²) in [5, 5.41) is 11.8. The first-order chi connectivity index (χ1) is 16.3. The van der Waals surface area contributed by atoms with Crippen molar-refractivity contribution in [2.24, 2.45) is 23.7 Å². The van der Waals surface area contributed by atoms with Gasteiger partial charge in [0.2, 0.25) is 0 Å². The normalized spacial score (nSPS) is 30.0. The van der Waals surface area contributed by atoms with E-state index >= 15 is 0 Å². The van der Waals surface area contributed by atoms with E-state index in [9.17, 15) is 18.3 Å². The smallest absolute Gasteiger partial charge is 0.303 e. The van der Waals surface area contributed by atoms with Crippen LogP contribution in [0.5, 0.6) is 0 Å². The minimum atomic E-state index is -3.35. The average Bonchev–Trinajstić information content (AvgIpc) is 2.79. The first-order valence-electron chi connectivity index (χ1n) is 12.8. The molecule has 0 heterocycles. The number of benzene rings is 1. The van der Waals surface area contributed by atoms with Crippen LogP contribution in [0.1, 0.15) is 54.4 Å². The van der Waals surface area contributed by atoms with Crippen LogP contribution < -0.4 is 0 Å². The van der Waals surface area contributed by atoms with Crippen LogP contribution in [-0.4, -0.2) is 61.0 Å². The standard InChI is InChI=1S/C28H42NO5S/c1-19(2)29(14-15-35(32,33)24-10-8-7-9-11-24)18-21(4)25-13-12-22(5)28(31)17-27(34-23(6)30)20(3)16-26(25)28/h7-11,16-17,19,21-22,25-27,31H,12-15,18H2,1-6H3/t21?,22-,25+,26-,27-,28-/m1/s1. The first kappa shape index (κ1) is 27.9. The Bertz CT molecular complexity index is 1010. The lowest BCUT2D eigenvalue weighted by Gasteiger charge is -2.53. The van der Waals surface area contributed by atoms with Crippen LogP contribution in [0.4, 0.5) is 0 Å². The van der Waals surface area contributed by atoms with Gasteiger partial charge in [-0.05, 0) is 69.1 Å². The zero-order valence-corrected chi connectivity index (χ0v) is 22.8. The number of carbonyl (C=O) groups excluding carboxylic acids is 1. The van der Waals surface area contributed by atoms with E-state index in [0.717, 1.165) is 25.0 Å². The van der Waals surface area contributed by atoms with E-state index in [0.29, 0.717) is 11.4 Å². The average molecular weight is 505 g/mol. The van der Waals surface area contributed by atoms with E-state index in [1.807, 2.05) is 19.4 Å². The Kier molecular flexibility index (Phi) is 8.87. The van der Waals surface area contributed by atoms with Crippen LogP contribution in [0.25, 0.3) is 0 Å². The van der Waals surface area contributed by atoms with Gasteiger partial charge < -0.3 is 9.84 Å². The molecular formula is C28H42NO5S. The van der Waals surface area contributed by atoms with Crippen LogP contribution in [-0.2, 0) is 19.4 Å². The fourth-order valence-corrected chi connectivity index (χ4v) is 7.08. The maximum absolute atomic E-state index is 12.8. The number of esters is 1. The fourth-order valence-electron chi connectivity index (χ4n) is 5.80. The van der Waals surface area contributed by atoms with Crippen LogP contribution >= 0.6 is 0 Å². The van der Waals surface area contributed by atoms with Gasteiger partial charge in [-0.1, -0.05) is 38.1 Å².